The molecule has 186 valence electrons. The number of carbonyl (C=O) groups excluding carboxylic acids is 3. The zero-order valence-electron chi connectivity index (χ0n) is 20.9. The summed E-state index contributed by atoms with van der Waals surface area (Å²) in [5.74, 6) is -0.716. The lowest BCUT2D eigenvalue weighted by Crippen LogP contribution is -2.37. The number of carbonyl (C=O) groups is 3. The van der Waals surface area contributed by atoms with E-state index in [-0.39, 0.29) is 31.1 Å². The highest BCUT2D eigenvalue weighted by atomic mass is 16.5. The lowest BCUT2D eigenvalue weighted by molar-refractivity contribution is -0.145. The van der Waals surface area contributed by atoms with Crippen molar-refractivity contribution >= 4 is 17.8 Å². The molecular formula is C26H47NO5. The fraction of sp³-hybridized carbons (Fsp3) is 0.808. The predicted molar refractivity (Wildman–Crippen MR) is 129 cm³/mol. The van der Waals surface area contributed by atoms with Gasteiger partial charge in [0.15, 0.2) is 0 Å². The molecule has 0 saturated heterocycles. The van der Waals surface area contributed by atoms with E-state index >= 15 is 0 Å². The highest BCUT2D eigenvalue weighted by Crippen LogP contribution is 2.11. The molecule has 0 aromatic carbocycles. The Morgan fingerprint density at radius 2 is 1.09 bits per heavy atom. The Morgan fingerprint density at radius 1 is 0.656 bits per heavy atom. The fourth-order valence-electron chi connectivity index (χ4n) is 3.47. The minimum atomic E-state index is -0.366. The lowest BCUT2D eigenvalue weighted by atomic mass is 10.1. The van der Waals surface area contributed by atoms with Gasteiger partial charge >= 0.3 is 11.9 Å². The second-order valence-electron chi connectivity index (χ2n) is 8.40. The van der Waals surface area contributed by atoms with Gasteiger partial charge in [-0.25, -0.2) is 0 Å². The first-order chi connectivity index (χ1) is 15.5. The second-order valence-corrected chi connectivity index (χ2v) is 8.40. The maximum Gasteiger partial charge on any atom is 0.302 e. The van der Waals surface area contributed by atoms with Crippen LogP contribution in [-0.4, -0.2) is 49.0 Å². The monoisotopic (exact) mass is 453 g/mol. The summed E-state index contributed by atoms with van der Waals surface area (Å²) in [5, 5.41) is 0. The quantitative estimate of drug-likeness (QED) is 0.121. The van der Waals surface area contributed by atoms with Gasteiger partial charge in [0.05, 0.1) is 13.1 Å². The number of ether oxygens (including phenoxy) is 2. The molecular weight excluding hydrogens is 406 g/mol. The van der Waals surface area contributed by atoms with E-state index < -0.39 is 0 Å². The number of esters is 2. The van der Waals surface area contributed by atoms with Crippen LogP contribution in [0, 0.1) is 0 Å². The van der Waals surface area contributed by atoms with Gasteiger partial charge in [-0.3, -0.25) is 14.4 Å². The molecule has 0 heterocycles. The van der Waals surface area contributed by atoms with Crippen molar-refractivity contribution in [2.45, 2.75) is 111 Å². The molecule has 6 heteroatoms. The number of amides is 1. The lowest BCUT2D eigenvalue weighted by Gasteiger charge is -2.22. The molecule has 1 amide bonds. The van der Waals surface area contributed by atoms with Gasteiger partial charge in [-0.1, -0.05) is 70.4 Å². The molecule has 0 rings (SSSR count). The molecule has 0 aliphatic rings. The normalized spacial score (nSPS) is 11.0. The number of allylic oxidation sites excluding steroid dienone is 2. The Balaban J connectivity index is 3.78. The number of nitrogens with zero attached hydrogens (tertiary/aromatic N) is 1. The fourth-order valence-corrected chi connectivity index (χ4v) is 3.47. The van der Waals surface area contributed by atoms with Crippen LogP contribution in [0.2, 0.25) is 0 Å². The van der Waals surface area contributed by atoms with Gasteiger partial charge in [-0.2, -0.15) is 0 Å². The molecule has 0 aliphatic heterocycles. The maximum absolute atomic E-state index is 12.5. The van der Waals surface area contributed by atoms with Gasteiger partial charge in [-0.05, 0) is 32.1 Å². The molecule has 0 atom stereocenters. The standard InChI is InChI=1S/C26H47NO5/c1-4-5-6-7-8-9-10-11-12-13-14-15-16-17-18-19-26(30)27(20-22-31-24(2)28)21-23-32-25(3)29/h11-12H,4-10,13-23H2,1-3H3/b12-11-. The van der Waals surface area contributed by atoms with E-state index in [1.807, 2.05) is 0 Å². The Bertz CT molecular complexity index is 498. The van der Waals surface area contributed by atoms with E-state index in [2.05, 4.69) is 19.1 Å². The third kappa shape index (κ3) is 21.4. The Labute approximate surface area is 196 Å². The molecule has 0 aromatic rings. The molecule has 32 heavy (non-hydrogen) atoms. The summed E-state index contributed by atoms with van der Waals surface area (Å²) in [6.45, 7) is 5.91. The zero-order valence-corrected chi connectivity index (χ0v) is 20.9. The van der Waals surface area contributed by atoms with Crippen molar-refractivity contribution in [2.75, 3.05) is 26.3 Å². The molecule has 0 spiro atoms. The summed E-state index contributed by atoms with van der Waals surface area (Å²) in [6, 6.07) is 0. The summed E-state index contributed by atoms with van der Waals surface area (Å²) in [7, 11) is 0. The first-order valence-corrected chi connectivity index (χ1v) is 12.7. The van der Waals surface area contributed by atoms with Crippen LogP contribution in [0.1, 0.15) is 111 Å². The second kappa shape index (κ2) is 22.3. The van der Waals surface area contributed by atoms with Gasteiger partial charge in [0.2, 0.25) is 5.91 Å². The van der Waals surface area contributed by atoms with E-state index in [4.69, 9.17) is 9.47 Å². The summed E-state index contributed by atoms with van der Waals surface area (Å²) in [5.41, 5.74) is 0. The van der Waals surface area contributed by atoms with Crippen molar-refractivity contribution in [1.82, 2.24) is 4.90 Å². The highest BCUT2D eigenvalue weighted by molar-refractivity contribution is 5.76. The molecule has 0 fully saturated rings. The Kier molecular flexibility index (Phi) is 21.1. The van der Waals surface area contributed by atoms with Crippen molar-refractivity contribution < 1.29 is 23.9 Å². The van der Waals surface area contributed by atoms with Crippen molar-refractivity contribution in [3.05, 3.63) is 12.2 Å². The average Bonchev–Trinajstić information content (AvgIpc) is 2.74. The minimum absolute atomic E-state index is 0.0157. The van der Waals surface area contributed by atoms with Crippen molar-refractivity contribution in [1.29, 1.82) is 0 Å². The average molecular weight is 454 g/mol. The Hall–Kier alpha value is -1.85. The molecule has 6 nitrogen and oxygen atoms in total. The number of hydrogen-bond acceptors (Lipinski definition) is 5. The van der Waals surface area contributed by atoms with E-state index in [9.17, 15) is 14.4 Å². The highest BCUT2D eigenvalue weighted by Gasteiger charge is 2.14. The van der Waals surface area contributed by atoms with Crippen LogP contribution in [0.3, 0.4) is 0 Å². The van der Waals surface area contributed by atoms with E-state index in [1.54, 1.807) is 4.90 Å². The number of rotatable bonds is 21. The molecule has 0 aliphatic carbocycles. The third-order valence-corrected chi connectivity index (χ3v) is 5.34. The molecule has 0 N–H and O–H groups in total. The summed E-state index contributed by atoms with van der Waals surface area (Å²) < 4.78 is 9.87. The van der Waals surface area contributed by atoms with Gasteiger partial charge in [0, 0.05) is 20.3 Å². The summed E-state index contributed by atoms with van der Waals surface area (Å²) in [6.07, 6.45) is 21.0. The minimum Gasteiger partial charge on any atom is -0.464 e. The van der Waals surface area contributed by atoms with E-state index in [0.29, 0.717) is 19.5 Å². The van der Waals surface area contributed by atoms with Crippen LogP contribution in [-0.2, 0) is 23.9 Å². The number of hydrogen-bond donors (Lipinski definition) is 0. The molecule has 0 saturated carbocycles. The molecule has 0 bridgehead atoms. The van der Waals surface area contributed by atoms with Crippen LogP contribution in [0.15, 0.2) is 12.2 Å². The molecule has 0 unspecified atom stereocenters. The predicted octanol–water partition coefficient (Wildman–Crippen LogP) is 5.98. The van der Waals surface area contributed by atoms with Crippen LogP contribution in [0.5, 0.6) is 0 Å². The van der Waals surface area contributed by atoms with Gasteiger partial charge < -0.3 is 14.4 Å². The van der Waals surface area contributed by atoms with Gasteiger partial charge in [0.25, 0.3) is 0 Å². The SMILES string of the molecule is CCCCCCCC/C=C\CCCCCCCC(=O)N(CCOC(C)=O)CCOC(C)=O. The maximum atomic E-state index is 12.5. The van der Waals surface area contributed by atoms with Crippen LogP contribution >= 0.6 is 0 Å². The summed E-state index contributed by atoms with van der Waals surface area (Å²) >= 11 is 0. The van der Waals surface area contributed by atoms with Crippen LogP contribution in [0.4, 0.5) is 0 Å². The van der Waals surface area contributed by atoms with Crippen molar-refractivity contribution in [3.63, 3.8) is 0 Å². The van der Waals surface area contributed by atoms with Crippen molar-refractivity contribution in [3.8, 4) is 0 Å². The van der Waals surface area contributed by atoms with Gasteiger partial charge in [-0.15, -0.1) is 0 Å². The summed E-state index contributed by atoms with van der Waals surface area (Å²) in [4.78, 5) is 35.9. The van der Waals surface area contributed by atoms with Crippen LogP contribution in [0.25, 0.3) is 0 Å². The molecule has 0 aromatic heterocycles. The third-order valence-electron chi connectivity index (χ3n) is 5.34. The largest absolute Gasteiger partial charge is 0.464 e. The van der Waals surface area contributed by atoms with E-state index in [1.165, 1.54) is 71.6 Å². The first-order valence-electron chi connectivity index (χ1n) is 12.7. The van der Waals surface area contributed by atoms with E-state index in [0.717, 1.165) is 25.7 Å². The smallest absolute Gasteiger partial charge is 0.302 e. The van der Waals surface area contributed by atoms with Gasteiger partial charge in [0.1, 0.15) is 13.2 Å². The molecule has 0 radical (unpaired) electrons. The zero-order chi connectivity index (χ0) is 23.9. The van der Waals surface area contributed by atoms with Crippen molar-refractivity contribution in [2.24, 2.45) is 0 Å². The van der Waals surface area contributed by atoms with Crippen LogP contribution < -0.4 is 0 Å². The number of unbranched alkanes of at least 4 members (excludes halogenated alkanes) is 11. The topological polar surface area (TPSA) is 72.9 Å². The Morgan fingerprint density at radius 3 is 1.56 bits per heavy atom. The first kappa shape index (κ1) is 30.1.